The number of amides is 1. The summed E-state index contributed by atoms with van der Waals surface area (Å²) >= 11 is 0. The molecule has 1 rings (SSSR count). The van der Waals surface area contributed by atoms with Gasteiger partial charge in [-0.2, -0.15) is 0 Å². The molecular formula is C5H5N4O. The van der Waals surface area contributed by atoms with Crippen molar-refractivity contribution in [1.29, 1.82) is 0 Å². The van der Waals surface area contributed by atoms with Gasteiger partial charge in [0.05, 0.1) is 6.42 Å². The quantitative estimate of drug-likeness (QED) is 0.549. The van der Waals surface area contributed by atoms with Crippen LogP contribution in [0.2, 0.25) is 0 Å². The van der Waals surface area contributed by atoms with Gasteiger partial charge >= 0.3 is 0 Å². The monoisotopic (exact) mass is 137 g/mol. The van der Waals surface area contributed by atoms with Crippen LogP contribution in [-0.2, 0) is 11.2 Å². The van der Waals surface area contributed by atoms with Crippen LogP contribution < -0.4 is 5.73 Å². The molecule has 2 N–H and O–H groups in total. The smallest absolute Gasteiger partial charge is 0.225 e. The molecule has 0 aromatic carbocycles. The van der Waals surface area contributed by atoms with Crippen LogP contribution in [0.5, 0.6) is 0 Å². The second-order valence-electron chi connectivity index (χ2n) is 1.64. The Balaban J connectivity index is 2.67. The fourth-order valence-electron chi connectivity index (χ4n) is 0.478. The molecule has 0 aliphatic carbocycles. The summed E-state index contributed by atoms with van der Waals surface area (Å²) in [6.07, 6.45) is 3.61. The molecule has 0 bridgehead atoms. The summed E-state index contributed by atoms with van der Waals surface area (Å²) in [6, 6.07) is 0. The van der Waals surface area contributed by atoms with Crippen molar-refractivity contribution in [3.05, 3.63) is 18.5 Å². The Morgan fingerprint density at radius 3 is 3.10 bits per heavy atom. The number of aromatic nitrogens is 3. The highest BCUT2D eigenvalue weighted by atomic mass is 16.1. The number of nitrogens with two attached hydrogens (primary N) is 1. The van der Waals surface area contributed by atoms with E-state index in [0.29, 0.717) is 5.82 Å². The lowest BCUT2D eigenvalue weighted by Gasteiger charge is -1.90. The number of carbonyl (C=O) groups is 1. The summed E-state index contributed by atoms with van der Waals surface area (Å²) in [5.41, 5.74) is 4.87. The van der Waals surface area contributed by atoms with E-state index in [0.717, 1.165) is 0 Å². The van der Waals surface area contributed by atoms with Gasteiger partial charge in [-0.05, 0) is 0 Å². The number of hydrogen-bond donors (Lipinski definition) is 1. The lowest BCUT2D eigenvalue weighted by molar-refractivity contribution is -0.117. The van der Waals surface area contributed by atoms with Crippen molar-refractivity contribution >= 4 is 5.91 Å². The van der Waals surface area contributed by atoms with Crippen LogP contribution in [-0.4, -0.2) is 20.9 Å². The molecule has 1 aromatic heterocycles. The first-order chi connectivity index (χ1) is 4.79. The van der Waals surface area contributed by atoms with Crippen molar-refractivity contribution < 1.29 is 4.79 Å². The Bertz CT molecular complexity index is 222. The number of hydrogen-bond acceptors (Lipinski definition) is 4. The first-order valence-electron chi connectivity index (χ1n) is 2.61. The molecule has 1 amide bonds. The Labute approximate surface area is 57.3 Å². The summed E-state index contributed by atoms with van der Waals surface area (Å²) < 4.78 is 0. The minimum absolute atomic E-state index is 0.0407. The highest BCUT2D eigenvalue weighted by molar-refractivity contribution is 5.75. The van der Waals surface area contributed by atoms with E-state index in [1.807, 2.05) is 0 Å². The van der Waals surface area contributed by atoms with Gasteiger partial charge < -0.3 is 5.73 Å². The number of carbonyl (C=O) groups excluding carboxylic acids is 1. The van der Waals surface area contributed by atoms with Gasteiger partial charge in [0.25, 0.3) is 0 Å². The van der Waals surface area contributed by atoms with E-state index in [1.54, 1.807) is 0 Å². The average molecular weight is 137 g/mol. The molecule has 1 radical (unpaired) electrons. The number of rotatable bonds is 2. The molecule has 0 fully saturated rings. The minimum Gasteiger partial charge on any atom is -0.369 e. The third-order valence-corrected chi connectivity index (χ3v) is 0.834. The van der Waals surface area contributed by atoms with Gasteiger partial charge in [0.2, 0.25) is 12.2 Å². The molecule has 51 valence electrons. The Morgan fingerprint density at radius 2 is 2.60 bits per heavy atom. The Morgan fingerprint density at radius 1 is 1.80 bits per heavy atom. The van der Waals surface area contributed by atoms with Crippen molar-refractivity contribution in [3.8, 4) is 0 Å². The summed E-state index contributed by atoms with van der Waals surface area (Å²) in [6.45, 7) is 0. The van der Waals surface area contributed by atoms with E-state index in [-0.39, 0.29) is 6.42 Å². The molecule has 0 atom stereocenters. The van der Waals surface area contributed by atoms with Gasteiger partial charge in [0.15, 0.2) is 0 Å². The SMILES string of the molecule is NC(=O)Cc1n[c]ncn1. The van der Waals surface area contributed by atoms with E-state index >= 15 is 0 Å². The number of primary amides is 1. The predicted molar refractivity (Wildman–Crippen MR) is 31.6 cm³/mol. The minimum atomic E-state index is -0.459. The van der Waals surface area contributed by atoms with Gasteiger partial charge in [0.1, 0.15) is 12.2 Å². The van der Waals surface area contributed by atoms with Gasteiger partial charge in [0, 0.05) is 0 Å². The lowest BCUT2D eigenvalue weighted by Crippen LogP contribution is -2.15. The molecule has 0 unspecified atom stereocenters. The van der Waals surface area contributed by atoms with Crippen LogP contribution in [0, 0.1) is 6.33 Å². The van der Waals surface area contributed by atoms with Crippen LogP contribution in [0.4, 0.5) is 0 Å². The maximum absolute atomic E-state index is 10.3. The molecule has 0 aliphatic rings. The molecule has 1 aromatic rings. The molecule has 0 spiro atoms. The second kappa shape index (κ2) is 2.86. The van der Waals surface area contributed by atoms with E-state index in [1.165, 1.54) is 6.33 Å². The van der Waals surface area contributed by atoms with Crippen LogP contribution in [0.3, 0.4) is 0 Å². The van der Waals surface area contributed by atoms with Gasteiger partial charge in [-0.1, -0.05) is 0 Å². The average Bonchev–Trinajstić information content (AvgIpc) is 1.88. The van der Waals surface area contributed by atoms with Gasteiger partial charge in [-0.3, -0.25) is 4.79 Å². The van der Waals surface area contributed by atoms with Crippen LogP contribution in [0.25, 0.3) is 0 Å². The Kier molecular flexibility index (Phi) is 1.89. The second-order valence-corrected chi connectivity index (χ2v) is 1.64. The fraction of sp³-hybridized carbons (Fsp3) is 0.200. The summed E-state index contributed by atoms with van der Waals surface area (Å²) in [5.74, 6) is -0.109. The molecule has 5 heteroatoms. The molecular weight excluding hydrogens is 132 g/mol. The summed E-state index contributed by atoms with van der Waals surface area (Å²) in [4.78, 5) is 21.0. The highest BCUT2D eigenvalue weighted by Crippen LogP contribution is 1.83. The zero-order chi connectivity index (χ0) is 7.40. The third kappa shape index (κ3) is 1.77. The van der Waals surface area contributed by atoms with E-state index < -0.39 is 5.91 Å². The fourth-order valence-corrected chi connectivity index (χ4v) is 0.478. The molecule has 0 saturated carbocycles. The Hall–Kier alpha value is -1.52. The van der Waals surface area contributed by atoms with Gasteiger partial charge in [-0.15, -0.1) is 0 Å². The van der Waals surface area contributed by atoms with Crippen molar-refractivity contribution in [2.75, 3.05) is 0 Å². The first kappa shape index (κ1) is 6.60. The zero-order valence-corrected chi connectivity index (χ0v) is 5.11. The maximum Gasteiger partial charge on any atom is 0.225 e. The third-order valence-electron chi connectivity index (χ3n) is 0.834. The zero-order valence-electron chi connectivity index (χ0n) is 5.11. The van der Waals surface area contributed by atoms with Crippen LogP contribution in [0.15, 0.2) is 6.33 Å². The highest BCUT2D eigenvalue weighted by Gasteiger charge is 1.98. The maximum atomic E-state index is 10.3. The van der Waals surface area contributed by atoms with Gasteiger partial charge in [-0.25, -0.2) is 15.0 Å². The molecule has 1 heterocycles. The van der Waals surface area contributed by atoms with Crippen molar-refractivity contribution in [2.45, 2.75) is 6.42 Å². The molecule has 10 heavy (non-hydrogen) atoms. The van der Waals surface area contributed by atoms with E-state index in [9.17, 15) is 4.79 Å². The number of nitrogens with zero attached hydrogens (tertiary/aromatic N) is 3. The van der Waals surface area contributed by atoms with Crippen molar-refractivity contribution in [2.24, 2.45) is 5.73 Å². The molecule has 0 saturated heterocycles. The van der Waals surface area contributed by atoms with Crippen LogP contribution >= 0.6 is 0 Å². The predicted octanol–water partition coefficient (Wildman–Crippen LogP) is -1.30. The largest absolute Gasteiger partial charge is 0.369 e. The van der Waals surface area contributed by atoms with Crippen molar-refractivity contribution in [1.82, 2.24) is 15.0 Å². The van der Waals surface area contributed by atoms with E-state index in [4.69, 9.17) is 5.73 Å². The summed E-state index contributed by atoms with van der Waals surface area (Å²) in [7, 11) is 0. The first-order valence-corrected chi connectivity index (χ1v) is 2.61. The molecule has 0 aliphatic heterocycles. The lowest BCUT2D eigenvalue weighted by atomic mass is 10.4. The van der Waals surface area contributed by atoms with Crippen molar-refractivity contribution in [3.63, 3.8) is 0 Å². The van der Waals surface area contributed by atoms with Crippen LogP contribution in [0.1, 0.15) is 5.82 Å². The topological polar surface area (TPSA) is 81.8 Å². The summed E-state index contributed by atoms with van der Waals surface area (Å²) in [5, 5.41) is 0. The normalized spacial score (nSPS) is 9.20. The van der Waals surface area contributed by atoms with E-state index in [2.05, 4.69) is 21.3 Å². The molecule has 5 nitrogen and oxygen atoms in total. The standard InChI is InChI=1S/C5H5N4O/c6-4(10)1-5-8-2-7-3-9-5/h2H,1H2,(H2,6,10).